The Morgan fingerprint density at radius 2 is 1.73 bits per heavy atom. The fourth-order valence-corrected chi connectivity index (χ4v) is 2.71. The lowest BCUT2D eigenvalue weighted by atomic mass is 9.79. The van der Waals surface area contributed by atoms with Gasteiger partial charge < -0.3 is 9.31 Å². The van der Waals surface area contributed by atoms with Crippen LogP contribution >= 0.6 is 0 Å². The molecule has 0 amide bonds. The standard InChI is InChI=1S/C17H21BF3N3O2/c1-11-13(18-25-15(2,3)16(4,5)26-18)10-24(23-11)9-12-7-6-8-14(22-12)17(19,20)21/h6-8,10H,9H2,1-5H3. The molecular weight excluding hydrogens is 346 g/mol. The number of hydrogen-bond acceptors (Lipinski definition) is 4. The third kappa shape index (κ3) is 3.50. The molecule has 2 aromatic rings. The number of rotatable bonds is 3. The predicted octanol–water partition coefficient (Wildman–Crippen LogP) is 2.95. The van der Waals surface area contributed by atoms with Gasteiger partial charge in [-0.2, -0.15) is 18.3 Å². The Bertz CT molecular complexity index is 802. The molecule has 0 aromatic carbocycles. The molecule has 2 aromatic heterocycles. The Morgan fingerprint density at radius 3 is 2.31 bits per heavy atom. The maximum absolute atomic E-state index is 12.8. The first-order valence-corrected chi connectivity index (χ1v) is 8.32. The number of hydrogen-bond donors (Lipinski definition) is 0. The van der Waals surface area contributed by atoms with Crippen LogP contribution in [0.4, 0.5) is 13.2 Å². The second kappa shape index (κ2) is 6.09. The van der Waals surface area contributed by atoms with Crippen molar-refractivity contribution in [2.75, 3.05) is 0 Å². The highest BCUT2D eigenvalue weighted by Crippen LogP contribution is 2.36. The maximum atomic E-state index is 12.8. The molecule has 9 heteroatoms. The molecule has 140 valence electrons. The van der Waals surface area contributed by atoms with Crippen molar-refractivity contribution in [2.24, 2.45) is 0 Å². The van der Waals surface area contributed by atoms with E-state index in [9.17, 15) is 13.2 Å². The molecule has 0 aliphatic carbocycles. The molecule has 3 heterocycles. The highest BCUT2D eigenvalue weighted by molar-refractivity contribution is 6.62. The number of aromatic nitrogens is 3. The van der Waals surface area contributed by atoms with Gasteiger partial charge in [-0.15, -0.1) is 0 Å². The molecule has 0 radical (unpaired) electrons. The minimum absolute atomic E-state index is 0.129. The predicted molar refractivity (Wildman–Crippen MR) is 91.0 cm³/mol. The van der Waals surface area contributed by atoms with Gasteiger partial charge in [0.25, 0.3) is 0 Å². The van der Waals surface area contributed by atoms with Crippen molar-refractivity contribution >= 4 is 12.6 Å². The monoisotopic (exact) mass is 367 g/mol. The average molecular weight is 367 g/mol. The van der Waals surface area contributed by atoms with Crippen LogP contribution < -0.4 is 5.46 Å². The summed E-state index contributed by atoms with van der Waals surface area (Å²) in [6, 6.07) is 3.84. The minimum Gasteiger partial charge on any atom is -0.399 e. The molecule has 0 N–H and O–H groups in total. The highest BCUT2D eigenvalue weighted by Gasteiger charge is 2.52. The smallest absolute Gasteiger partial charge is 0.399 e. The zero-order valence-corrected chi connectivity index (χ0v) is 15.4. The number of alkyl halides is 3. The van der Waals surface area contributed by atoms with Crippen molar-refractivity contribution in [3.8, 4) is 0 Å². The van der Waals surface area contributed by atoms with Gasteiger partial charge in [0.15, 0.2) is 0 Å². The second-order valence-corrected chi connectivity index (χ2v) is 7.47. The average Bonchev–Trinajstić information content (AvgIpc) is 2.95. The van der Waals surface area contributed by atoms with Crippen LogP contribution in [0.25, 0.3) is 0 Å². The molecule has 1 aliphatic rings. The SMILES string of the molecule is Cc1nn(Cc2cccc(C(F)(F)F)n2)cc1B1OC(C)(C)C(C)(C)O1. The molecular formula is C17H21BF3N3O2. The number of aryl methyl sites for hydroxylation is 1. The Labute approximate surface area is 150 Å². The summed E-state index contributed by atoms with van der Waals surface area (Å²) >= 11 is 0. The fourth-order valence-electron chi connectivity index (χ4n) is 2.71. The quantitative estimate of drug-likeness (QED) is 0.783. The van der Waals surface area contributed by atoms with E-state index < -0.39 is 30.2 Å². The van der Waals surface area contributed by atoms with E-state index in [1.54, 1.807) is 16.9 Å². The van der Waals surface area contributed by atoms with Gasteiger partial charge in [0.2, 0.25) is 0 Å². The van der Waals surface area contributed by atoms with Gasteiger partial charge in [0, 0.05) is 11.7 Å². The topological polar surface area (TPSA) is 49.2 Å². The minimum atomic E-state index is -4.47. The van der Waals surface area contributed by atoms with Gasteiger partial charge in [0.05, 0.1) is 29.1 Å². The molecule has 1 fully saturated rings. The number of pyridine rings is 1. The molecule has 5 nitrogen and oxygen atoms in total. The van der Waals surface area contributed by atoms with E-state index in [-0.39, 0.29) is 12.2 Å². The van der Waals surface area contributed by atoms with Gasteiger partial charge in [-0.3, -0.25) is 4.68 Å². The molecule has 0 atom stereocenters. The van der Waals surface area contributed by atoms with Crippen LogP contribution in [0.2, 0.25) is 0 Å². The molecule has 0 unspecified atom stereocenters. The van der Waals surface area contributed by atoms with Crippen molar-refractivity contribution < 1.29 is 22.5 Å². The van der Waals surface area contributed by atoms with Gasteiger partial charge >= 0.3 is 13.3 Å². The third-order valence-electron chi connectivity index (χ3n) is 4.91. The van der Waals surface area contributed by atoms with E-state index in [0.29, 0.717) is 5.69 Å². The van der Waals surface area contributed by atoms with Crippen LogP contribution in [0.15, 0.2) is 24.4 Å². The molecule has 1 saturated heterocycles. The summed E-state index contributed by atoms with van der Waals surface area (Å²) in [5.74, 6) is 0. The molecule has 1 aliphatic heterocycles. The summed E-state index contributed by atoms with van der Waals surface area (Å²) in [6.07, 6.45) is -2.73. The lowest BCUT2D eigenvalue weighted by Crippen LogP contribution is -2.41. The van der Waals surface area contributed by atoms with Crippen molar-refractivity contribution in [1.82, 2.24) is 14.8 Å². The third-order valence-corrected chi connectivity index (χ3v) is 4.91. The number of nitrogens with zero attached hydrogens (tertiary/aromatic N) is 3. The Hall–Kier alpha value is -1.87. The summed E-state index contributed by atoms with van der Waals surface area (Å²) in [5, 5.41) is 4.37. The van der Waals surface area contributed by atoms with Gasteiger partial charge in [-0.25, -0.2) is 4.98 Å². The summed E-state index contributed by atoms with van der Waals surface area (Å²) < 4.78 is 52.0. The fraction of sp³-hybridized carbons (Fsp3) is 0.529. The van der Waals surface area contributed by atoms with E-state index in [0.717, 1.165) is 11.5 Å². The highest BCUT2D eigenvalue weighted by atomic mass is 19.4. The van der Waals surface area contributed by atoms with Crippen molar-refractivity contribution in [1.29, 1.82) is 0 Å². The van der Waals surface area contributed by atoms with Gasteiger partial charge in [0.1, 0.15) is 5.69 Å². The van der Waals surface area contributed by atoms with E-state index in [2.05, 4.69) is 10.1 Å². The summed E-state index contributed by atoms with van der Waals surface area (Å²) in [7, 11) is -0.566. The van der Waals surface area contributed by atoms with Crippen LogP contribution in [-0.4, -0.2) is 33.1 Å². The zero-order valence-electron chi connectivity index (χ0n) is 15.4. The Kier molecular flexibility index (Phi) is 4.43. The first-order valence-electron chi connectivity index (χ1n) is 8.32. The summed E-state index contributed by atoms with van der Waals surface area (Å²) in [6.45, 7) is 9.78. The largest absolute Gasteiger partial charge is 0.498 e. The molecule has 26 heavy (non-hydrogen) atoms. The summed E-state index contributed by atoms with van der Waals surface area (Å²) in [4.78, 5) is 3.67. The van der Waals surface area contributed by atoms with Gasteiger partial charge in [-0.05, 0) is 46.8 Å². The normalized spacial score (nSPS) is 19.2. The molecule has 0 saturated carbocycles. The first kappa shape index (κ1) is 18.9. The first-order chi connectivity index (χ1) is 11.9. The van der Waals surface area contributed by atoms with Crippen molar-refractivity contribution in [2.45, 2.75) is 58.5 Å². The second-order valence-electron chi connectivity index (χ2n) is 7.47. The van der Waals surface area contributed by atoms with E-state index in [1.807, 2.05) is 34.6 Å². The Morgan fingerprint density at radius 1 is 1.12 bits per heavy atom. The van der Waals surface area contributed by atoms with Crippen LogP contribution in [0.3, 0.4) is 0 Å². The van der Waals surface area contributed by atoms with Crippen LogP contribution in [-0.2, 0) is 22.0 Å². The molecule has 0 bridgehead atoms. The summed E-state index contributed by atoms with van der Waals surface area (Å²) in [5.41, 5.74) is -0.122. The molecule has 3 rings (SSSR count). The Balaban J connectivity index is 1.82. The van der Waals surface area contributed by atoms with Crippen molar-refractivity contribution in [3.63, 3.8) is 0 Å². The van der Waals surface area contributed by atoms with Crippen LogP contribution in [0.5, 0.6) is 0 Å². The van der Waals surface area contributed by atoms with E-state index in [4.69, 9.17) is 9.31 Å². The van der Waals surface area contributed by atoms with E-state index in [1.165, 1.54) is 6.07 Å². The van der Waals surface area contributed by atoms with E-state index >= 15 is 0 Å². The van der Waals surface area contributed by atoms with Crippen LogP contribution in [0, 0.1) is 6.92 Å². The molecule has 0 spiro atoms. The van der Waals surface area contributed by atoms with Gasteiger partial charge in [-0.1, -0.05) is 6.07 Å². The maximum Gasteiger partial charge on any atom is 0.498 e. The zero-order chi connectivity index (χ0) is 19.3. The lowest BCUT2D eigenvalue weighted by Gasteiger charge is -2.32. The number of halogens is 3. The van der Waals surface area contributed by atoms with Crippen molar-refractivity contribution in [3.05, 3.63) is 41.5 Å². The van der Waals surface area contributed by atoms with Crippen LogP contribution in [0.1, 0.15) is 44.8 Å². The lowest BCUT2D eigenvalue weighted by molar-refractivity contribution is -0.141.